The van der Waals surface area contributed by atoms with Crippen molar-refractivity contribution in [2.75, 3.05) is 0 Å². The number of hydrogen-bond donors (Lipinski definition) is 1. The molecule has 0 saturated heterocycles. The third-order valence-electron chi connectivity index (χ3n) is 5.65. The molecule has 1 aromatic carbocycles. The van der Waals surface area contributed by atoms with Gasteiger partial charge in [-0.2, -0.15) is 0 Å². The molecule has 1 aromatic rings. The summed E-state index contributed by atoms with van der Waals surface area (Å²) < 4.78 is 0. The lowest BCUT2D eigenvalue weighted by atomic mass is 9.68. The highest BCUT2D eigenvalue weighted by Gasteiger charge is 2.33. The van der Waals surface area contributed by atoms with Crippen LogP contribution in [0.2, 0.25) is 0 Å². The average Bonchev–Trinajstić information content (AvgIpc) is 2.34. The second kappa shape index (κ2) is 6.73. The van der Waals surface area contributed by atoms with Crippen LogP contribution >= 0.6 is 0 Å². The normalized spacial score (nSPS) is 13.9. The van der Waals surface area contributed by atoms with Crippen LogP contribution in [0.25, 0.3) is 0 Å². The van der Waals surface area contributed by atoms with Crippen LogP contribution in [0.4, 0.5) is 0 Å². The van der Waals surface area contributed by atoms with Crippen LogP contribution in [0.1, 0.15) is 105 Å². The van der Waals surface area contributed by atoms with Gasteiger partial charge in [0, 0.05) is 5.56 Å². The van der Waals surface area contributed by atoms with Gasteiger partial charge in [0.1, 0.15) is 5.75 Å². The van der Waals surface area contributed by atoms with Crippen LogP contribution in [0.5, 0.6) is 5.75 Å². The highest BCUT2D eigenvalue weighted by molar-refractivity contribution is 5.50. The Morgan fingerprint density at radius 2 is 1.38 bits per heavy atom. The summed E-state index contributed by atoms with van der Waals surface area (Å²) in [6.07, 6.45) is 1.11. The third-order valence-corrected chi connectivity index (χ3v) is 5.65. The molecule has 0 aliphatic heterocycles. The van der Waals surface area contributed by atoms with E-state index in [1.165, 1.54) is 5.56 Å². The zero-order chi connectivity index (χ0) is 19.1. The predicted octanol–water partition coefficient (Wildman–Crippen LogP) is 7.16. The van der Waals surface area contributed by atoms with Gasteiger partial charge in [0.2, 0.25) is 0 Å². The molecule has 0 aliphatic rings. The first-order chi connectivity index (χ1) is 10.6. The summed E-state index contributed by atoms with van der Waals surface area (Å²) in [7, 11) is 0. The quantitative estimate of drug-likeness (QED) is 0.606. The van der Waals surface area contributed by atoms with Crippen molar-refractivity contribution in [3.05, 3.63) is 28.8 Å². The van der Waals surface area contributed by atoms with Crippen LogP contribution in [0.15, 0.2) is 12.1 Å². The smallest absolute Gasteiger partial charge is 0.122 e. The van der Waals surface area contributed by atoms with Gasteiger partial charge in [-0.15, -0.1) is 0 Å². The number of benzene rings is 1. The highest BCUT2D eigenvalue weighted by atomic mass is 16.3. The zero-order valence-corrected chi connectivity index (χ0v) is 18.0. The first-order valence-corrected chi connectivity index (χ1v) is 9.47. The lowest BCUT2D eigenvalue weighted by Gasteiger charge is -2.37. The van der Waals surface area contributed by atoms with Crippen LogP contribution in [-0.4, -0.2) is 5.11 Å². The van der Waals surface area contributed by atoms with Crippen molar-refractivity contribution in [3.8, 4) is 5.75 Å². The summed E-state index contributed by atoms with van der Waals surface area (Å²) in [5, 5.41) is 11.0. The van der Waals surface area contributed by atoms with E-state index in [1.807, 2.05) is 0 Å². The van der Waals surface area contributed by atoms with E-state index in [-0.39, 0.29) is 16.2 Å². The predicted molar refractivity (Wildman–Crippen MR) is 107 cm³/mol. The Hall–Kier alpha value is -0.980. The van der Waals surface area contributed by atoms with Crippen LogP contribution < -0.4 is 0 Å². The Kier molecular flexibility index (Phi) is 5.91. The maximum atomic E-state index is 11.0. The second-order valence-corrected chi connectivity index (χ2v) is 10.6. The lowest BCUT2D eigenvalue weighted by Crippen LogP contribution is -2.28. The van der Waals surface area contributed by atoms with Gasteiger partial charge in [-0.25, -0.2) is 0 Å². The molecule has 0 radical (unpaired) electrons. The standard InChI is InChI=1S/C23H40O/c1-15(2)18-12-17(22(8,9)14-21(5,6)7)13-19(20(18)24)23(10,11)16(3)4/h12-13,15-16,24H,14H2,1-11H3. The van der Waals surface area contributed by atoms with E-state index in [4.69, 9.17) is 0 Å². The molecule has 0 spiro atoms. The fourth-order valence-corrected chi connectivity index (χ4v) is 3.72. The molecule has 24 heavy (non-hydrogen) atoms. The molecule has 0 heterocycles. The van der Waals surface area contributed by atoms with E-state index in [1.54, 1.807) is 0 Å². The summed E-state index contributed by atoms with van der Waals surface area (Å²) >= 11 is 0. The Labute approximate surface area is 150 Å². The monoisotopic (exact) mass is 332 g/mol. The van der Waals surface area contributed by atoms with Crippen molar-refractivity contribution in [1.82, 2.24) is 0 Å². The maximum absolute atomic E-state index is 11.0. The minimum Gasteiger partial charge on any atom is -0.507 e. The summed E-state index contributed by atoms with van der Waals surface area (Å²) in [6, 6.07) is 4.51. The molecule has 0 unspecified atom stereocenters. The van der Waals surface area contributed by atoms with Crippen molar-refractivity contribution in [1.29, 1.82) is 0 Å². The second-order valence-electron chi connectivity index (χ2n) is 10.6. The van der Waals surface area contributed by atoms with Crippen LogP contribution in [0.3, 0.4) is 0 Å². The molecule has 0 bridgehead atoms. The number of phenolic OH excluding ortho intramolecular Hbond substituents is 1. The minimum atomic E-state index is -0.0540. The molecule has 1 nitrogen and oxygen atoms in total. The zero-order valence-electron chi connectivity index (χ0n) is 18.0. The van der Waals surface area contributed by atoms with Gasteiger partial charge in [-0.1, -0.05) is 88.3 Å². The molecule has 0 atom stereocenters. The van der Waals surface area contributed by atoms with E-state index in [0.717, 1.165) is 17.5 Å². The van der Waals surface area contributed by atoms with Crippen molar-refractivity contribution in [3.63, 3.8) is 0 Å². The van der Waals surface area contributed by atoms with Crippen LogP contribution in [-0.2, 0) is 10.8 Å². The molecular weight excluding hydrogens is 292 g/mol. The SMILES string of the molecule is CC(C)c1cc(C(C)(C)CC(C)(C)C)cc(C(C)(C)C(C)C)c1O. The number of rotatable bonds is 5. The lowest BCUT2D eigenvalue weighted by molar-refractivity contribution is 0.282. The Balaban J connectivity index is 3.62. The molecule has 1 heteroatoms. The van der Waals surface area contributed by atoms with E-state index < -0.39 is 0 Å². The van der Waals surface area contributed by atoms with Gasteiger partial charge in [-0.3, -0.25) is 0 Å². The van der Waals surface area contributed by atoms with E-state index in [2.05, 4.69) is 88.3 Å². The van der Waals surface area contributed by atoms with Gasteiger partial charge < -0.3 is 5.11 Å². The molecule has 1 N–H and O–H groups in total. The third kappa shape index (κ3) is 4.55. The first kappa shape index (κ1) is 21.1. The molecular formula is C23H40O. The molecule has 1 rings (SSSR count). The molecule has 0 aliphatic carbocycles. The molecule has 0 saturated carbocycles. The summed E-state index contributed by atoms with van der Waals surface area (Å²) in [6.45, 7) is 24.9. The van der Waals surface area contributed by atoms with Crippen molar-refractivity contribution in [2.24, 2.45) is 11.3 Å². The molecule has 0 fully saturated rings. The summed E-state index contributed by atoms with van der Waals surface area (Å²) in [5.74, 6) is 1.28. The first-order valence-electron chi connectivity index (χ1n) is 9.47. The topological polar surface area (TPSA) is 20.2 Å². The molecule has 138 valence electrons. The molecule has 0 aromatic heterocycles. The van der Waals surface area contributed by atoms with E-state index in [0.29, 0.717) is 17.6 Å². The van der Waals surface area contributed by atoms with Gasteiger partial charge in [0.15, 0.2) is 0 Å². The van der Waals surface area contributed by atoms with E-state index in [9.17, 15) is 5.11 Å². The Morgan fingerprint density at radius 3 is 1.75 bits per heavy atom. The highest BCUT2D eigenvalue weighted by Crippen LogP contribution is 2.45. The van der Waals surface area contributed by atoms with Crippen molar-refractivity contribution < 1.29 is 5.11 Å². The number of aromatic hydroxyl groups is 1. The fourth-order valence-electron chi connectivity index (χ4n) is 3.72. The fraction of sp³-hybridized carbons (Fsp3) is 0.739. The van der Waals surface area contributed by atoms with Gasteiger partial charge in [0.25, 0.3) is 0 Å². The number of phenols is 1. The van der Waals surface area contributed by atoms with E-state index >= 15 is 0 Å². The summed E-state index contributed by atoms with van der Waals surface area (Å²) in [4.78, 5) is 0. The minimum absolute atomic E-state index is 0.0540. The van der Waals surface area contributed by atoms with Gasteiger partial charge >= 0.3 is 0 Å². The maximum Gasteiger partial charge on any atom is 0.122 e. The van der Waals surface area contributed by atoms with Crippen molar-refractivity contribution >= 4 is 0 Å². The van der Waals surface area contributed by atoms with Gasteiger partial charge in [0.05, 0.1) is 0 Å². The van der Waals surface area contributed by atoms with Gasteiger partial charge in [-0.05, 0) is 45.6 Å². The Morgan fingerprint density at radius 1 is 0.875 bits per heavy atom. The van der Waals surface area contributed by atoms with Crippen LogP contribution in [0, 0.1) is 11.3 Å². The summed E-state index contributed by atoms with van der Waals surface area (Å²) in [5.41, 5.74) is 3.83. The Bertz CT molecular complexity index is 568. The van der Waals surface area contributed by atoms with Crippen molar-refractivity contribution in [2.45, 2.75) is 99.3 Å². The molecule has 0 amide bonds. The number of hydrogen-bond acceptors (Lipinski definition) is 1. The largest absolute Gasteiger partial charge is 0.507 e. The average molecular weight is 333 g/mol.